The quantitative estimate of drug-likeness (QED) is 0.743. The molecule has 0 saturated carbocycles. The van der Waals surface area contributed by atoms with Crippen LogP contribution in [0.3, 0.4) is 0 Å². The third kappa shape index (κ3) is 4.34. The molecule has 1 aromatic heterocycles. The first-order chi connectivity index (χ1) is 7.24. The topological polar surface area (TPSA) is 46.9 Å². The van der Waals surface area contributed by atoms with Crippen LogP contribution in [0.25, 0.3) is 0 Å². The molecule has 1 amide bonds. The van der Waals surface area contributed by atoms with Crippen LogP contribution < -0.4 is 5.32 Å². The van der Waals surface area contributed by atoms with E-state index in [9.17, 15) is 4.79 Å². The van der Waals surface area contributed by atoms with Gasteiger partial charge in [0.25, 0.3) is 0 Å². The van der Waals surface area contributed by atoms with Crippen molar-refractivity contribution in [2.24, 2.45) is 7.05 Å². The number of halogens is 1. The van der Waals surface area contributed by atoms with E-state index in [1.807, 2.05) is 17.8 Å². The molecule has 15 heavy (non-hydrogen) atoms. The largest absolute Gasteiger partial charge is 0.356 e. The number of aromatic nitrogens is 2. The normalized spacial score (nSPS) is 10.3. The van der Waals surface area contributed by atoms with Crippen molar-refractivity contribution in [3.63, 3.8) is 0 Å². The van der Waals surface area contributed by atoms with Crippen LogP contribution in [-0.2, 0) is 18.3 Å². The molecule has 0 saturated heterocycles. The Hall–Kier alpha value is -1.03. The first-order valence-electron chi connectivity index (χ1n) is 5.03. The molecule has 5 heteroatoms. The lowest BCUT2D eigenvalue weighted by Crippen LogP contribution is -2.26. The van der Waals surface area contributed by atoms with Crippen molar-refractivity contribution in [1.82, 2.24) is 14.9 Å². The van der Waals surface area contributed by atoms with E-state index in [1.165, 1.54) is 0 Å². The minimum absolute atomic E-state index is 0.0601. The number of alkyl halides is 1. The fraction of sp³-hybridized carbons (Fsp3) is 0.600. The van der Waals surface area contributed by atoms with Gasteiger partial charge in [-0.25, -0.2) is 4.98 Å². The lowest BCUT2D eigenvalue weighted by molar-refractivity contribution is -0.121. The Bertz CT molecular complexity index is 311. The Labute approximate surface area is 94.6 Å². The van der Waals surface area contributed by atoms with Crippen LogP contribution in [0, 0.1) is 0 Å². The minimum Gasteiger partial charge on any atom is -0.356 e. The average molecular weight is 230 g/mol. The van der Waals surface area contributed by atoms with Gasteiger partial charge >= 0.3 is 0 Å². The molecule has 0 atom stereocenters. The van der Waals surface area contributed by atoms with E-state index < -0.39 is 0 Å². The Balaban J connectivity index is 2.16. The second-order valence-corrected chi connectivity index (χ2v) is 3.72. The summed E-state index contributed by atoms with van der Waals surface area (Å²) in [4.78, 5) is 15.4. The van der Waals surface area contributed by atoms with E-state index in [2.05, 4.69) is 10.3 Å². The van der Waals surface area contributed by atoms with Crippen molar-refractivity contribution in [2.75, 3.05) is 12.4 Å². The molecule has 1 rings (SSSR count). The monoisotopic (exact) mass is 229 g/mol. The minimum atomic E-state index is 0.0601. The molecule has 0 aliphatic carbocycles. The number of amides is 1. The molecule has 0 aliphatic rings. The molecule has 1 heterocycles. The van der Waals surface area contributed by atoms with Gasteiger partial charge in [0.15, 0.2) is 0 Å². The van der Waals surface area contributed by atoms with Gasteiger partial charge in [0, 0.05) is 44.7 Å². The second kappa shape index (κ2) is 6.45. The molecule has 0 aromatic carbocycles. The molecular weight excluding hydrogens is 214 g/mol. The number of hydrogen-bond acceptors (Lipinski definition) is 2. The summed E-state index contributed by atoms with van der Waals surface area (Å²) in [7, 11) is 1.94. The van der Waals surface area contributed by atoms with Crippen LogP contribution in [0.15, 0.2) is 12.4 Å². The average Bonchev–Trinajstić information content (AvgIpc) is 2.61. The zero-order chi connectivity index (χ0) is 11.1. The Morgan fingerprint density at radius 1 is 1.67 bits per heavy atom. The number of nitrogens with zero attached hydrogens (tertiary/aromatic N) is 2. The van der Waals surface area contributed by atoms with Crippen molar-refractivity contribution in [1.29, 1.82) is 0 Å². The van der Waals surface area contributed by atoms with Gasteiger partial charge in [0.1, 0.15) is 5.82 Å². The Morgan fingerprint density at radius 2 is 2.47 bits per heavy atom. The van der Waals surface area contributed by atoms with E-state index in [0.29, 0.717) is 18.8 Å². The Morgan fingerprint density at radius 3 is 3.07 bits per heavy atom. The SMILES string of the molecule is Cn1ccnc1CCNC(=O)CCCCl. The molecule has 0 bridgehead atoms. The summed E-state index contributed by atoms with van der Waals surface area (Å²) in [6.45, 7) is 0.631. The summed E-state index contributed by atoms with van der Waals surface area (Å²) >= 11 is 5.49. The summed E-state index contributed by atoms with van der Waals surface area (Å²) in [6.07, 6.45) is 5.64. The molecule has 0 spiro atoms. The number of carbonyl (C=O) groups excluding carboxylic acids is 1. The van der Waals surface area contributed by atoms with Crippen LogP contribution in [0.4, 0.5) is 0 Å². The predicted octanol–water partition coefficient (Wildman–Crippen LogP) is 1.10. The molecule has 0 fully saturated rings. The zero-order valence-corrected chi connectivity index (χ0v) is 9.63. The van der Waals surface area contributed by atoms with Crippen LogP contribution >= 0.6 is 11.6 Å². The number of carbonyl (C=O) groups is 1. The van der Waals surface area contributed by atoms with Gasteiger partial charge < -0.3 is 9.88 Å². The van der Waals surface area contributed by atoms with Gasteiger partial charge in [-0.2, -0.15) is 0 Å². The van der Waals surface area contributed by atoms with E-state index in [-0.39, 0.29) is 5.91 Å². The van der Waals surface area contributed by atoms with E-state index >= 15 is 0 Å². The van der Waals surface area contributed by atoms with Crippen LogP contribution in [0.5, 0.6) is 0 Å². The molecule has 0 radical (unpaired) electrons. The maximum absolute atomic E-state index is 11.2. The number of aryl methyl sites for hydroxylation is 1. The Kier molecular flexibility index (Phi) is 5.18. The number of rotatable bonds is 6. The second-order valence-electron chi connectivity index (χ2n) is 3.35. The predicted molar refractivity (Wildman–Crippen MR) is 59.9 cm³/mol. The van der Waals surface area contributed by atoms with Crippen LogP contribution in [-0.4, -0.2) is 27.9 Å². The maximum atomic E-state index is 11.2. The third-order valence-electron chi connectivity index (χ3n) is 2.13. The van der Waals surface area contributed by atoms with Gasteiger partial charge in [-0.1, -0.05) is 0 Å². The summed E-state index contributed by atoms with van der Waals surface area (Å²) in [6, 6.07) is 0. The summed E-state index contributed by atoms with van der Waals surface area (Å²) in [5.74, 6) is 1.57. The highest BCUT2D eigenvalue weighted by Crippen LogP contribution is 1.95. The van der Waals surface area contributed by atoms with Gasteiger partial charge in [0.05, 0.1) is 0 Å². The van der Waals surface area contributed by atoms with Crippen molar-refractivity contribution >= 4 is 17.5 Å². The van der Waals surface area contributed by atoms with Gasteiger partial charge in [-0.15, -0.1) is 11.6 Å². The third-order valence-corrected chi connectivity index (χ3v) is 2.40. The molecule has 4 nitrogen and oxygen atoms in total. The van der Waals surface area contributed by atoms with E-state index in [4.69, 9.17) is 11.6 Å². The van der Waals surface area contributed by atoms with Gasteiger partial charge in [0.2, 0.25) is 5.91 Å². The molecule has 1 N–H and O–H groups in total. The van der Waals surface area contributed by atoms with E-state index in [1.54, 1.807) is 6.20 Å². The number of imidazole rings is 1. The maximum Gasteiger partial charge on any atom is 0.220 e. The van der Waals surface area contributed by atoms with E-state index in [0.717, 1.165) is 18.7 Å². The van der Waals surface area contributed by atoms with Crippen LogP contribution in [0.2, 0.25) is 0 Å². The lowest BCUT2D eigenvalue weighted by atomic mass is 10.3. The van der Waals surface area contributed by atoms with Crippen molar-refractivity contribution in [2.45, 2.75) is 19.3 Å². The van der Waals surface area contributed by atoms with Gasteiger partial charge in [-0.3, -0.25) is 4.79 Å². The molecule has 0 aliphatic heterocycles. The first-order valence-corrected chi connectivity index (χ1v) is 5.56. The molecule has 84 valence electrons. The van der Waals surface area contributed by atoms with Crippen molar-refractivity contribution < 1.29 is 4.79 Å². The van der Waals surface area contributed by atoms with Crippen molar-refractivity contribution in [3.05, 3.63) is 18.2 Å². The number of nitrogens with one attached hydrogen (secondary N) is 1. The standard InChI is InChI=1S/C10H16ClN3O/c1-14-8-7-12-9(14)4-6-13-10(15)3-2-5-11/h7-8H,2-6H2,1H3,(H,13,15). The fourth-order valence-corrected chi connectivity index (χ4v) is 1.40. The summed E-state index contributed by atoms with van der Waals surface area (Å²) < 4.78 is 1.95. The molecular formula is C10H16ClN3O. The lowest BCUT2D eigenvalue weighted by Gasteiger charge is -2.04. The fourth-order valence-electron chi connectivity index (χ4n) is 1.27. The smallest absolute Gasteiger partial charge is 0.220 e. The van der Waals surface area contributed by atoms with Crippen LogP contribution in [0.1, 0.15) is 18.7 Å². The van der Waals surface area contributed by atoms with Gasteiger partial charge in [-0.05, 0) is 6.42 Å². The number of hydrogen-bond donors (Lipinski definition) is 1. The zero-order valence-electron chi connectivity index (χ0n) is 8.87. The van der Waals surface area contributed by atoms with Crippen molar-refractivity contribution in [3.8, 4) is 0 Å². The summed E-state index contributed by atoms with van der Waals surface area (Å²) in [5.41, 5.74) is 0. The molecule has 0 unspecified atom stereocenters. The first kappa shape index (κ1) is 12.0. The highest BCUT2D eigenvalue weighted by molar-refractivity contribution is 6.17. The highest BCUT2D eigenvalue weighted by atomic mass is 35.5. The summed E-state index contributed by atoms with van der Waals surface area (Å²) in [5, 5.41) is 2.83. The molecule has 1 aromatic rings. The highest BCUT2D eigenvalue weighted by Gasteiger charge is 2.02.